The zero-order valence-electron chi connectivity index (χ0n) is 8.75. The Kier molecular flexibility index (Phi) is 2.36. The SMILES string of the molecule is COc1cc(F)cc2c1cc(CN)n2C. The van der Waals surface area contributed by atoms with E-state index in [1.807, 2.05) is 17.7 Å². The molecule has 0 saturated carbocycles. The smallest absolute Gasteiger partial charge is 0.131 e. The van der Waals surface area contributed by atoms with Gasteiger partial charge < -0.3 is 15.0 Å². The molecule has 0 bridgehead atoms. The summed E-state index contributed by atoms with van der Waals surface area (Å²) in [5, 5.41) is 0.891. The highest BCUT2D eigenvalue weighted by Crippen LogP contribution is 2.29. The van der Waals surface area contributed by atoms with E-state index >= 15 is 0 Å². The van der Waals surface area contributed by atoms with Gasteiger partial charge in [0.15, 0.2) is 0 Å². The van der Waals surface area contributed by atoms with E-state index in [0.29, 0.717) is 12.3 Å². The van der Waals surface area contributed by atoms with Gasteiger partial charge in [0.1, 0.15) is 11.6 Å². The van der Waals surface area contributed by atoms with E-state index in [4.69, 9.17) is 10.5 Å². The Hall–Kier alpha value is -1.55. The summed E-state index contributed by atoms with van der Waals surface area (Å²) in [6.07, 6.45) is 0. The molecule has 15 heavy (non-hydrogen) atoms. The molecule has 0 radical (unpaired) electrons. The van der Waals surface area contributed by atoms with Crippen molar-refractivity contribution in [2.24, 2.45) is 12.8 Å². The first kappa shape index (κ1) is 9.98. The number of aromatic nitrogens is 1. The van der Waals surface area contributed by atoms with Crippen LogP contribution in [0.4, 0.5) is 4.39 Å². The van der Waals surface area contributed by atoms with E-state index in [-0.39, 0.29) is 5.82 Å². The normalized spacial score (nSPS) is 10.9. The summed E-state index contributed by atoms with van der Waals surface area (Å²) in [5.41, 5.74) is 7.34. The van der Waals surface area contributed by atoms with Crippen LogP contribution in [0.15, 0.2) is 18.2 Å². The minimum atomic E-state index is -0.302. The number of halogens is 1. The Balaban J connectivity index is 2.81. The molecular weight excluding hydrogens is 195 g/mol. The third-order valence-electron chi connectivity index (χ3n) is 2.62. The number of hydrogen-bond acceptors (Lipinski definition) is 2. The number of rotatable bonds is 2. The summed E-state index contributed by atoms with van der Waals surface area (Å²) in [6.45, 7) is 0.427. The number of aryl methyl sites for hydroxylation is 1. The van der Waals surface area contributed by atoms with Crippen LogP contribution in [0.2, 0.25) is 0 Å². The Morgan fingerprint density at radius 1 is 1.40 bits per heavy atom. The molecule has 80 valence electrons. The van der Waals surface area contributed by atoms with Crippen molar-refractivity contribution in [2.75, 3.05) is 7.11 Å². The molecule has 0 aliphatic heterocycles. The van der Waals surface area contributed by atoms with Crippen LogP contribution in [0.3, 0.4) is 0 Å². The molecule has 0 saturated heterocycles. The van der Waals surface area contributed by atoms with Crippen LogP contribution in [0.5, 0.6) is 5.75 Å². The van der Waals surface area contributed by atoms with Crippen LogP contribution in [-0.2, 0) is 13.6 Å². The third-order valence-corrected chi connectivity index (χ3v) is 2.62. The number of benzene rings is 1. The molecule has 3 nitrogen and oxygen atoms in total. The lowest BCUT2D eigenvalue weighted by Crippen LogP contribution is -2.02. The quantitative estimate of drug-likeness (QED) is 0.817. The van der Waals surface area contributed by atoms with Crippen molar-refractivity contribution in [1.82, 2.24) is 4.57 Å². The molecule has 4 heteroatoms. The summed E-state index contributed by atoms with van der Waals surface area (Å²) in [7, 11) is 3.40. The molecule has 2 rings (SSSR count). The van der Waals surface area contributed by atoms with Crippen LogP contribution in [0, 0.1) is 5.82 Å². The standard InChI is InChI=1S/C11H13FN2O/c1-14-8(6-13)5-9-10(14)3-7(12)4-11(9)15-2/h3-5H,6,13H2,1-2H3. The summed E-state index contributed by atoms with van der Waals surface area (Å²) in [6, 6.07) is 4.78. The molecule has 0 fully saturated rings. The zero-order valence-corrected chi connectivity index (χ0v) is 8.75. The summed E-state index contributed by atoms with van der Waals surface area (Å²) in [5.74, 6) is 0.240. The van der Waals surface area contributed by atoms with E-state index in [1.165, 1.54) is 19.2 Å². The van der Waals surface area contributed by atoms with E-state index in [2.05, 4.69) is 0 Å². The second-order valence-electron chi connectivity index (χ2n) is 3.44. The molecule has 0 atom stereocenters. The Labute approximate surface area is 87.2 Å². The van der Waals surface area contributed by atoms with Gasteiger partial charge in [-0.2, -0.15) is 0 Å². The van der Waals surface area contributed by atoms with Crippen molar-refractivity contribution in [3.63, 3.8) is 0 Å². The highest BCUT2D eigenvalue weighted by molar-refractivity contribution is 5.87. The van der Waals surface area contributed by atoms with Crippen molar-refractivity contribution in [2.45, 2.75) is 6.54 Å². The molecule has 1 aromatic heterocycles. The molecule has 2 aromatic rings. The molecule has 0 unspecified atom stereocenters. The lowest BCUT2D eigenvalue weighted by Gasteiger charge is -2.03. The second-order valence-corrected chi connectivity index (χ2v) is 3.44. The second kappa shape index (κ2) is 3.55. The van der Waals surface area contributed by atoms with Crippen molar-refractivity contribution >= 4 is 10.9 Å². The average Bonchev–Trinajstić information content (AvgIpc) is 2.55. The van der Waals surface area contributed by atoms with Gasteiger partial charge in [-0.3, -0.25) is 0 Å². The first-order valence-electron chi connectivity index (χ1n) is 4.69. The number of ether oxygens (including phenoxy) is 1. The fraction of sp³-hybridized carbons (Fsp3) is 0.273. The maximum atomic E-state index is 13.3. The lowest BCUT2D eigenvalue weighted by atomic mass is 10.2. The van der Waals surface area contributed by atoms with Gasteiger partial charge in [0.05, 0.1) is 12.6 Å². The zero-order chi connectivity index (χ0) is 11.0. The maximum absolute atomic E-state index is 13.3. The highest BCUT2D eigenvalue weighted by atomic mass is 19.1. The Morgan fingerprint density at radius 3 is 2.73 bits per heavy atom. The van der Waals surface area contributed by atoms with Crippen LogP contribution in [0.1, 0.15) is 5.69 Å². The molecule has 0 aliphatic rings. The van der Waals surface area contributed by atoms with Crippen LogP contribution >= 0.6 is 0 Å². The van der Waals surface area contributed by atoms with Gasteiger partial charge in [0.25, 0.3) is 0 Å². The van der Waals surface area contributed by atoms with Gasteiger partial charge in [0, 0.05) is 30.7 Å². The highest BCUT2D eigenvalue weighted by Gasteiger charge is 2.10. The monoisotopic (exact) mass is 208 g/mol. The number of fused-ring (bicyclic) bond motifs is 1. The summed E-state index contributed by atoms with van der Waals surface area (Å²) in [4.78, 5) is 0. The fourth-order valence-corrected chi connectivity index (χ4v) is 1.78. The minimum absolute atomic E-state index is 0.302. The molecule has 1 aromatic carbocycles. The fourth-order valence-electron chi connectivity index (χ4n) is 1.78. The van der Waals surface area contributed by atoms with E-state index in [9.17, 15) is 4.39 Å². The van der Waals surface area contributed by atoms with Gasteiger partial charge in [-0.25, -0.2) is 4.39 Å². The predicted molar refractivity (Wildman–Crippen MR) is 57.3 cm³/mol. The number of nitrogens with two attached hydrogens (primary N) is 1. The lowest BCUT2D eigenvalue weighted by molar-refractivity contribution is 0.416. The van der Waals surface area contributed by atoms with Crippen molar-refractivity contribution in [3.8, 4) is 5.75 Å². The molecule has 1 heterocycles. The van der Waals surface area contributed by atoms with Gasteiger partial charge in [0.2, 0.25) is 0 Å². The summed E-state index contributed by atoms with van der Waals surface area (Å²) >= 11 is 0. The van der Waals surface area contributed by atoms with Crippen molar-refractivity contribution in [3.05, 3.63) is 29.7 Å². The molecule has 2 N–H and O–H groups in total. The molecule has 0 spiro atoms. The first-order valence-corrected chi connectivity index (χ1v) is 4.69. The van der Waals surface area contributed by atoms with Crippen LogP contribution < -0.4 is 10.5 Å². The topological polar surface area (TPSA) is 40.2 Å². The van der Waals surface area contributed by atoms with Crippen molar-refractivity contribution in [1.29, 1.82) is 0 Å². The molecular formula is C11H13FN2O. The summed E-state index contributed by atoms with van der Waals surface area (Å²) < 4.78 is 20.3. The number of hydrogen-bond donors (Lipinski definition) is 1. The van der Waals surface area contributed by atoms with E-state index in [1.54, 1.807) is 0 Å². The van der Waals surface area contributed by atoms with Gasteiger partial charge in [-0.15, -0.1) is 0 Å². The van der Waals surface area contributed by atoms with Gasteiger partial charge in [-0.05, 0) is 12.1 Å². The third kappa shape index (κ3) is 1.47. The van der Waals surface area contributed by atoms with Crippen LogP contribution in [0.25, 0.3) is 10.9 Å². The first-order chi connectivity index (χ1) is 7.17. The largest absolute Gasteiger partial charge is 0.496 e. The number of methoxy groups -OCH3 is 1. The van der Waals surface area contributed by atoms with Crippen LogP contribution in [-0.4, -0.2) is 11.7 Å². The van der Waals surface area contributed by atoms with Gasteiger partial charge >= 0.3 is 0 Å². The minimum Gasteiger partial charge on any atom is -0.496 e. The maximum Gasteiger partial charge on any atom is 0.131 e. The average molecular weight is 208 g/mol. The Bertz CT molecular complexity index is 505. The van der Waals surface area contributed by atoms with Gasteiger partial charge in [-0.1, -0.05) is 0 Å². The molecule has 0 amide bonds. The molecule has 0 aliphatic carbocycles. The van der Waals surface area contributed by atoms with E-state index < -0.39 is 0 Å². The Morgan fingerprint density at radius 2 is 2.13 bits per heavy atom. The predicted octanol–water partition coefficient (Wildman–Crippen LogP) is 1.78. The van der Waals surface area contributed by atoms with E-state index in [0.717, 1.165) is 16.6 Å². The number of nitrogens with zero attached hydrogens (tertiary/aromatic N) is 1. The van der Waals surface area contributed by atoms with Crippen molar-refractivity contribution < 1.29 is 9.13 Å².